The van der Waals surface area contributed by atoms with Gasteiger partial charge in [0.1, 0.15) is 10.6 Å². The zero-order valence-corrected chi connectivity index (χ0v) is 11.3. The van der Waals surface area contributed by atoms with Gasteiger partial charge >= 0.3 is 5.97 Å². The molecule has 0 aliphatic carbocycles. The largest absolute Gasteiger partial charge is 0.507 e. The van der Waals surface area contributed by atoms with E-state index in [1.807, 2.05) is 0 Å². The van der Waals surface area contributed by atoms with Crippen molar-refractivity contribution in [1.82, 2.24) is 0 Å². The first-order chi connectivity index (χ1) is 8.05. The molecule has 18 heavy (non-hydrogen) atoms. The molecule has 0 atom stereocenters. The highest BCUT2D eigenvalue weighted by Gasteiger charge is 2.31. The molecule has 5 nitrogen and oxygen atoms in total. The molecular formula is C12H16O5S. The molecule has 0 bridgehead atoms. The molecule has 0 radical (unpaired) electrons. The molecule has 1 aromatic carbocycles. The number of carboxylic acid groups (broad SMARTS) is 1. The second kappa shape index (κ2) is 4.61. The van der Waals surface area contributed by atoms with E-state index in [0.29, 0.717) is 5.56 Å². The van der Waals surface area contributed by atoms with Crippen molar-refractivity contribution in [3.8, 4) is 5.75 Å². The van der Waals surface area contributed by atoms with Gasteiger partial charge in [-0.3, -0.25) is 4.79 Å². The molecule has 1 aromatic rings. The van der Waals surface area contributed by atoms with E-state index in [1.165, 1.54) is 18.2 Å². The SMILES string of the molecule is CC(C)(CC(=O)O)c1cccc(O)c1S(C)(=O)=O. The number of aliphatic carboxylic acids is 1. The van der Waals surface area contributed by atoms with Crippen molar-refractivity contribution in [2.24, 2.45) is 0 Å². The van der Waals surface area contributed by atoms with Crippen LogP contribution in [0.4, 0.5) is 0 Å². The molecule has 0 aromatic heterocycles. The van der Waals surface area contributed by atoms with Gasteiger partial charge in [-0.1, -0.05) is 26.0 Å². The highest BCUT2D eigenvalue weighted by molar-refractivity contribution is 7.90. The number of carbonyl (C=O) groups is 1. The van der Waals surface area contributed by atoms with Crippen LogP contribution in [-0.4, -0.2) is 30.9 Å². The molecule has 0 heterocycles. The van der Waals surface area contributed by atoms with E-state index in [4.69, 9.17) is 5.11 Å². The van der Waals surface area contributed by atoms with E-state index in [2.05, 4.69) is 0 Å². The summed E-state index contributed by atoms with van der Waals surface area (Å²) in [7, 11) is -3.63. The fraction of sp³-hybridized carbons (Fsp3) is 0.417. The number of sulfone groups is 1. The summed E-state index contributed by atoms with van der Waals surface area (Å²) in [5.74, 6) is -1.38. The van der Waals surface area contributed by atoms with Crippen LogP contribution in [0.1, 0.15) is 25.8 Å². The van der Waals surface area contributed by atoms with Crippen molar-refractivity contribution < 1.29 is 23.4 Å². The van der Waals surface area contributed by atoms with Crippen molar-refractivity contribution >= 4 is 15.8 Å². The number of carboxylic acids is 1. The molecule has 1 rings (SSSR count). The first-order valence-electron chi connectivity index (χ1n) is 5.30. The Morgan fingerprint density at radius 1 is 1.33 bits per heavy atom. The van der Waals surface area contributed by atoms with E-state index >= 15 is 0 Å². The molecule has 0 spiro atoms. The summed E-state index contributed by atoms with van der Waals surface area (Å²) in [6, 6.07) is 4.30. The number of rotatable bonds is 4. The Kier molecular flexibility index (Phi) is 3.71. The van der Waals surface area contributed by atoms with E-state index in [1.54, 1.807) is 13.8 Å². The maximum atomic E-state index is 11.7. The predicted molar refractivity (Wildman–Crippen MR) is 66.5 cm³/mol. The quantitative estimate of drug-likeness (QED) is 0.867. The van der Waals surface area contributed by atoms with Gasteiger partial charge in [-0.25, -0.2) is 8.42 Å². The van der Waals surface area contributed by atoms with E-state index < -0.39 is 21.2 Å². The normalized spacial score (nSPS) is 12.4. The molecule has 0 saturated carbocycles. The van der Waals surface area contributed by atoms with Crippen molar-refractivity contribution in [1.29, 1.82) is 0 Å². The maximum absolute atomic E-state index is 11.7. The van der Waals surface area contributed by atoms with Crippen LogP contribution >= 0.6 is 0 Å². The van der Waals surface area contributed by atoms with Gasteiger partial charge in [-0.2, -0.15) is 0 Å². The Bertz CT molecular complexity index is 572. The van der Waals surface area contributed by atoms with Crippen LogP contribution in [0.15, 0.2) is 23.1 Å². The van der Waals surface area contributed by atoms with Crippen LogP contribution in [0.3, 0.4) is 0 Å². The van der Waals surface area contributed by atoms with Gasteiger partial charge in [0.05, 0.1) is 6.42 Å². The highest BCUT2D eigenvalue weighted by Crippen LogP contribution is 2.36. The van der Waals surface area contributed by atoms with E-state index in [-0.39, 0.29) is 17.1 Å². The minimum Gasteiger partial charge on any atom is -0.507 e. The number of phenolic OH excluding ortho intramolecular Hbond substituents is 1. The van der Waals surface area contributed by atoms with E-state index in [9.17, 15) is 18.3 Å². The maximum Gasteiger partial charge on any atom is 0.304 e. The van der Waals surface area contributed by atoms with Gasteiger partial charge in [-0.05, 0) is 11.6 Å². The Morgan fingerprint density at radius 3 is 2.33 bits per heavy atom. The van der Waals surface area contributed by atoms with Gasteiger partial charge in [0.25, 0.3) is 0 Å². The summed E-state index contributed by atoms with van der Waals surface area (Å²) in [5, 5.41) is 18.6. The van der Waals surface area contributed by atoms with Crippen LogP contribution in [0.5, 0.6) is 5.75 Å². The number of benzene rings is 1. The lowest BCUT2D eigenvalue weighted by Gasteiger charge is -2.25. The third-order valence-electron chi connectivity index (χ3n) is 2.69. The van der Waals surface area contributed by atoms with Gasteiger partial charge in [0.2, 0.25) is 0 Å². The number of hydrogen-bond acceptors (Lipinski definition) is 4. The van der Waals surface area contributed by atoms with Crippen LogP contribution < -0.4 is 0 Å². The summed E-state index contributed by atoms with van der Waals surface area (Å²) < 4.78 is 23.4. The number of phenols is 1. The Balaban J connectivity index is 3.51. The summed E-state index contributed by atoms with van der Waals surface area (Å²) >= 11 is 0. The fourth-order valence-electron chi connectivity index (χ4n) is 1.92. The average Bonchev–Trinajstić information content (AvgIpc) is 2.13. The molecule has 2 N–H and O–H groups in total. The summed E-state index contributed by atoms with van der Waals surface area (Å²) in [6.45, 7) is 3.26. The topological polar surface area (TPSA) is 91.7 Å². The average molecular weight is 272 g/mol. The van der Waals surface area contributed by atoms with Crippen LogP contribution in [-0.2, 0) is 20.0 Å². The molecule has 100 valence electrons. The van der Waals surface area contributed by atoms with Gasteiger partial charge in [0.15, 0.2) is 9.84 Å². The first-order valence-corrected chi connectivity index (χ1v) is 7.19. The van der Waals surface area contributed by atoms with Gasteiger partial charge in [0, 0.05) is 11.7 Å². The van der Waals surface area contributed by atoms with E-state index in [0.717, 1.165) is 6.26 Å². The lowest BCUT2D eigenvalue weighted by Crippen LogP contribution is -2.24. The molecule has 0 saturated heterocycles. The fourth-order valence-corrected chi connectivity index (χ4v) is 3.11. The van der Waals surface area contributed by atoms with Gasteiger partial charge < -0.3 is 10.2 Å². The highest BCUT2D eigenvalue weighted by atomic mass is 32.2. The molecule has 0 fully saturated rings. The summed E-state index contributed by atoms with van der Waals surface area (Å²) in [4.78, 5) is 10.6. The standard InChI is InChI=1S/C12H16O5S/c1-12(2,7-10(14)15)8-5-4-6-9(13)11(8)18(3,16)17/h4-6,13H,7H2,1-3H3,(H,14,15). The molecule has 0 aliphatic rings. The van der Waals surface area contributed by atoms with Crippen LogP contribution in [0, 0.1) is 0 Å². The lowest BCUT2D eigenvalue weighted by molar-refractivity contribution is -0.138. The van der Waals surface area contributed by atoms with Crippen molar-refractivity contribution in [3.63, 3.8) is 0 Å². The Labute approximate surface area is 106 Å². The first kappa shape index (κ1) is 14.5. The zero-order valence-electron chi connectivity index (χ0n) is 10.5. The molecule has 6 heteroatoms. The summed E-state index contributed by atoms with van der Waals surface area (Å²) in [5.41, 5.74) is -0.574. The van der Waals surface area contributed by atoms with Crippen molar-refractivity contribution in [2.45, 2.75) is 30.6 Å². The number of hydrogen-bond donors (Lipinski definition) is 2. The van der Waals surface area contributed by atoms with Crippen LogP contribution in [0.2, 0.25) is 0 Å². The zero-order chi connectivity index (χ0) is 14.1. The summed E-state index contributed by atoms with van der Waals surface area (Å²) in [6.07, 6.45) is 0.765. The Hall–Kier alpha value is -1.56. The molecule has 0 unspecified atom stereocenters. The number of aromatic hydroxyl groups is 1. The minimum absolute atomic E-state index is 0.198. The minimum atomic E-state index is -3.63. The Morgan fingerprint density at radius 2 is 1.89 bits per heavy atom. The second-order valence-corrected chi connectivity index (χ2v) is 6.83. The molecular weight excluding hydrogens is 256 g/mol. The molecule has 0 amide bonds. The monoisotopic (exact) mass is 272 g/mol. The van der Waals surface area contributed by atoms with Crippen LogP contribution in [0.25, 0.3) is 0 Å². The third-order valence-corrected chi connectivity index (χ3v) is 3.86. The van der Waals surface area contributed by atoms with Crippen molar-refractivity contribution in [2.75, 3.05) is 6.26 Å². The third kappa shape index (κ3) is 3.01. The second-order valence-electron chi connectivity index (χ2n) is 4.88. The molecule has 0 aliphatic heterocycles. The smallest absolute Gasteiger partial charge is 0.304 e. The lowest BCUT2D eigenvalue weighted by atomic mass is 9.81. The predicted octanol–water partition coefficient (Wildman–Crippen LogP) is 1.55. The van der Waals surface area contributed by atoms with Gasteiger partial charge in [-0.15, -0.1) is 0 Å². The van der Waals surface area contributed by atoms with Crippen molar-refractivity contribution in [3.05, 3.63) is 23.8 Å².